The van der Waals surface area contributed by atoms with Crippen molar-refractivity contribution in [3.05, 3.63) is 59.7 Å². The van der Waals surface area contributed by atoms with Gasteiger partial charge in [-0.2, -0.15) is 0 Å². The molecule has 0 aliphatic heterocycles. The van der Waals surface area contributed by atoms with Crippen molar-refractivity contribution >= 4 is 17.5 Å². The summed E-state index contributed by atoms with van der Waals surface area (Å²) in [6.45, 7) is 0.968. The summed E-state index contributed by atoms with van der Waals surface area (Å²) < 4.78 is 5.44. The van der Waals surface area contributed by atoms with Crippen molar-refractivity contribution in [2.24, 2.45) is 0 Å². The molecule has 0 spiro atoms. The number of carbonyl (C=O) groups is 2. The van der Waals surface area contributed by atoms with Crippen LogP contribution in [0.5, 0.6) is 5.75 Å². The van der Waals surface area contributed by atoms with Crippen LogP contribution in [0.3, 0.4) is 0 Å². The fourth-order valence-electron chi connectivity index (χ4n) is 3.18. The van der Waals surface area contributed by atoms with E-state index in [0.29, 0.717) is 30.4 Å². The summed E-state index contributed by atoms with van der Waals surface area (Å²) in [4.78, 5) is 28.4. The molecule has 6 heteroatoms. The highest BCUT2D eigenvalue weighted by Gasteiger charge is 2.30. The van der Waals surface area contributed by atoms with E-state index in [0.717, 1.165) is 24.2 Å². The average Bonchev–Trinajstić information content (AvgIpc) is 3.52. The fraction of sp³-hybridized carbons (Fsp3) is 0.364. The van der Waals surface area contributed by atoms with Crippen LogP contribution >= 0.6 is 0 Å². The molecule has 1 fully saturated rings. The molecule has 0 aromatic heterocycles. The summed E-state index contributed by atoms with van der Waals surface area (Å²) in [6.07, 6.45) is 2.21. The average molecular weight is 381 g/mol. The van der Waals surface area contributed by atoms with Crippen molar-refractivity contribution < 1.29 is 14.3 Å². The Balaban J connectivity index is 1.65. The quantitative estimate of drug-likeness (QED) is 0.764. The Morgan fingerprint density at radius 1 is 1.11 bits per heavy atom. The van der Waals surface area contributed by atoms with Gasteiger partial charge in [-0.25, -0.2) is 0 Å². The molecule has 0 heterocycles. The largest absolute Gasteiger partial charge is 0.496 e. The first-order valence-corrected chi connectivity index (χ1v) is 9.45. The first kappa shape index (κ1) is 19.9. The minimum atomic E-state index is -0.0909. The molecule has 1 saturated carbocycles. The lowest BCUT2D eigenvalue weighted by atomic mass is 10.1. The van der Waals surface area contributed by atoms with E-state index in [1.54, 1.807) is 45.5 Å². The van der Waals surface area contributed by atoms with E-state index in [2.05, 4.69) is 10.2 Å². The van der Waals surface area contributed by atoms with E-state index in [1.807, 2.05) is 24.3 Å². The van der Waals surface area contributed by atoms with Crippen molar-refractivity contribution in [1.29, 1.82) is 0 Å². The predicted molar refractivity (Wildman–Crippen MR) is 110 cm³/mol. The number of nitrogens with one attached hydrogen (secondary N) is 1. The smallest absolute Gasteiger partial charge is 0.253 e. The third-order valence-corrected chi connectivity index (χ3v) is 4.78. The van der Waals surface area contributed by atoms with Gasteiger partial charge < -0.3 is 15.0 Å². The fourth-order valence-corrected chi connectivity index (χ4v) is 3.18. The molecule has 28 heavy (non-hydrogen) atoms. The Bertz CT molecular complexity index is 846. The van der Waals surface area contributed by atoms with Crippen LogP contribution in [0.1, 0.15) is 28.8 Å². The summed E-state index contributed by atoms with van der Waals surface area (Å²) >= 11 is 0. The van der Waals surface area contributed by atoms with E-state index in [9.17, 15) is 9.59 Å². The molecule has 6 nitrogen and oxygen atoms in total. The topological polar surface area (TPSA) is 61.9 Å². The molecular formula is C22H27N3O3. The maximum Gasteiger partial charge on any atom is 0.253 e. The number of amides is 2. The van der Waals surface area contributed by atoms with Crippen LogP contribution in [0.25, 0.3) is 0 Å². The van der Waals surface area contributed by atoms with Crippen LogP contribution in [0.2, 0.25) is 0 Å². The number of benzene rings is 2. The van der Waals surface area contributed by atoms with Crippen molar-refractivity contribution in [3.63, 3.8) is 0 Å². The number of para-hydroxylation sites is 1. The van der Waals surface area contributed by atoms with Gasteiger partial charge in [0, 0.05) is 43.5 Å². The van der Waals surface area contributed by atoms with E-state index in [1.165, 1.54) is 4.90 Å². The van der Waals surface area contributed by atoms with E-state index >= 15 is 0 Å². The second-order valence-corrected chi connectivity index (χ2v) is 7.28. The standard InChI is InChI=1S/C22H27N3O3/c1-24(2)22(27)16-8-6-9-18(13-16)23-21(26)15-25(19-11-12-19)14-17-7-4-5-10-20(17)28-3/h4-10,13,19H,11-12,14-15H2,1-3H3,(H,23,26). The molecule has 3 rings (SSSR count). The zero-order chi connectivity index (χ0) is 20.1. The van der Waals surface area contributed by atoms with E-state index in [4.69, 9.17) is 4.74 Å². The number of ether oxygens (including phenoxy) is 1. The minimum absolute atomic E-state index is 0.0868. The Morgan fingerprint density at radius 3 is 2.54 bits per heavy atom. The predicted octanol–water partition coefficient (Wildman–Crippen LogP) is 3.00. The maximum absolute atomic E-state index is 12.6. The molecule has 0 saturated heterocycles. The van der Waals surface area contributed by atoms with Gasteiger partial charge in [0.25, 0.3) is 5.91 Å². The lowest BCUT2D eigenvalue weighted by molar-refractivity contribution is -0.117. The van der Waals surface area contributed by atoms with Crippen molar-refractivity contribution in [2.45, 2.75) is 25.4 Å². The molecule has 148 valence electrons. The van der Waals surface area contributed by atoms with E-state index in [-0.39, 0.29) is 11.8 Å². The third kappa shape index (κ3) is 5.10. The molecule has 0 unspecified atom stereocenters. The normalized spacial score (nSPS) is 13.3. The summed E-state index contributed by atoms with van der Waals surface area (Å²) in [5.41, 5.74) is 2.25. The third-order valence-electron chi connectivity index (χ3n) is 4.78. The molecular weight excluding hydrogens is 354 g/mol. The van der Waals surface area contributed by atoms with Crippen LogP contribution in [-0.2, 0) is 11.3 Å². The van der Waals surface area contributed by atoms with E-state index < -0.39 is 0 Å². The summed E-state index contributed by atoms with van der Waals surface area (Å²) in [5, 5.41) is 2.92. The lowest BCUT2D eigenvalue weighted by Gasteiger charge is -2.22. The number of hydrogen-bond acceptors (Lipinski definition) is 4. The highest BCUT2D eigenvalue weighted by atomic mass is 16.5. The van der Waals surface area contributed by atoms with Gasteiger partial charge in [0.05, 0.1) is 13.7 Å². The van der Waals surface area contributed by atoms with Gasteiger partial charge in [0.2, 0.25) is 5.91 Å². The Labute approximate surface area is 166 Å². The molecule has 1 aliphatic rings. The Hall–Kier alpha value is -2.86. The number of anilines is 1. The summed E-state index contributed by atoms with van der Waals surface area (Å²) in [7, 11) is 5.08. The van der Waals surface area contributed by atoms with Crippen molar-refractivity contribution in [2.75, 3.05) is 33.1 Å². The van der Waals surface area contributed by atoms with Gasteiger partial charge in [-0.05, 0) is 37.1 Å². The zero-order valence-corrected chi connectivity index (χ0v) is 16.6. The van der Waals surface area contributed by atoms with Gasteiger partial charge in [-0.1, -0.05) is 24.3 Å². The van der Waals surface area contributed by atoms with Crippen LogP contribution in [0, 0.1) is 0 Å². The molecule has 2 aromatic rings. The Morgan fingerprint density at radius 2 is 1.86 bits per heavy atom. The number of rotatable bonds is 8. The molecule has 1 aliphatic carbocycles. The van der Waals surface area contributed by atoms with Gasteiger partial charge in [-0.15, -0.1) is 0 Å². The first-order chi connectivity index (χ1) is 13.5. The van der Waals surface area contributed by atoms with Gasteiger partial charge in [-0.3, -0.25) is 14.5 Å². The highest BCUT2D eigenvalue weighted by molar-refractivity contribution is 5.97. The van der Waals surface area contributed by atoms with Crippen molar-refractivity contribution in [3.8, 4) is 5.75 Å². The number of carbonyl (C=O) groups excluding carboxylic acids is 2. The molecule has 0 bridgehead atoms. The molecule has 0 atom stereocenters. The highest BCUT2D eigenvalue weighted by Crippen LogP contribution is 2.30. The van der Waals surface area contributed by atoms with Crippen LogP contribution in [-0.4, -0.2) is 55.4 Å². The second-order valence-electron chi connectivity index (χ2n) is 7.28. The molecule has 2 aromatic carbocycles. The monoisotopic (exact) mass is 381 g/mol. The minimum Gasteiger partial charge on any atom is -0.496 e. The van der Waals surface area contributed by atoms with Crippen molar-refractivity contribution in [1.82, 2.24) is 9.80 Å². The van der Waals surface area contributed by atoms with Gasteiger partial charge in [0.1, 0.15) is 5.75 Å². The molecule has 2 amide bonds. The van der Waals surface area contributed by atoms with Crippen LogP contribution in [0.4, 0.5) is 5.69 Å². The van der Waals surface area contributed by atoms with Gasteiger partial charge >= 0.3 is 0 Å². The SMILES string of the molecule is COc1ccccc1CN(CC(=O)Nc1cccc(C(=O)N(C)C)c1)C1CC1. The maximum atomic E-state index is 12.6. The lowest BCUT2D eigenvalue weighted by Crippen LogP contribution is -2.34. The number of nitrogens with zero attached hydrogens (tertiary/aromatic N) is 2. The van der Waals surface area contributed by atoms with Crippen LogP contribution < -0.4 is 10.1 Å². The Kier molecular flexibility index (Phi) is 6.31. The van der Waals surface area contributed by atoms with Crippen LogP contribution in [0.15, 0.2) is 48.5 Å². The number of methoxy groups -OCH3 is 1. The molecule has 0 radical (unpaired) electrons. The molecule has 1 N–H and O–H groups in total. The summed E-state index contributed by atoms with van der Waals surface area (Å²) in [5.74, 6) is 0.659. The number of hydrogen-bond donors (Lipinski definition) is 1. The zero-order valence-electron chi connectivity index (χ0n) is 16.6. The first-order valence-electron chi connectivity index (χ1n) is 9.45. The van der Waals surface area contributed by atoms with Gasteiger partial charge in [0.15, 0.2) is 0 Å². The summed E-state index contributed by atoms with van der Waals surface area (Å²) in [6, 6.07) is 15.4. The second kappa shape index (κ2) is 8.89.